The van der Waals surface area contributed by atoms with Crippen LogP contribution in [0.3, 0.4) is 0 Å². The van der Waals surface area contributed by atoms with Gasteiger partial charge in [0, 0.05) is 23.5 Å². The van der Waals surface area contributed by atoms with E-state index >= 15 is 0 Å². The fourth-order valence-electron chi connectivity index (χ4n) is 3.85. The van der Waals surface area contributed by atoms with Crippen molar-refractivity contribution in [3.05, 3.63) is 88.7 Å². The quantitative estimate of drug-likeness (QED) is 0.542. The summed E-state index contributed by atoms with van der Waals surface area (Å²) in [6, 6.07) is 11.1. The molecule has 0 spiro atoms. The molecule has 8 heteroatoms. The summed E-state index contributed by atoms with van der Waals surface area (Å²) < 4.78 is 56.5. The molecule has 1 aliphatic heterocycles. The molecule has 0 aliphatic carbocycles. The van der Waals surface area contributed by atoms with Gasteiger partial charge in [-0.15, -0.1) is 0 Å². The maximum absolute atomic E-state index is 14.2. The summed E-state index contributed by atoms with van der Waals surface area (Å²) in [5.74, 6) is -0.929. The molecule has 4 nitrogen and oxygen atoms in total. The molecule has 1 atom stereocenters. The SMILES string of the molecule is O=S(=O)(c1ccncc1)N1c2cc(F)ccc2CCC1CCc1ccc(Cl)cc1F. The van der Waals surface area contributed by atoms with Gasteiger partial charge in [-0.05, 0) is 73.2 Å². The summed E-state index contributed by atoms with van der Waals surface area (Å²) in [6.07, 6.45) is 4.70. The number of hydrogen-bond acceptors (Lipinski definition) is 3. The molecular weight excluding hydrogens is 430 g/mol. The Kier molecular flexibility index (Phi) is 5.75. The van der Waals surface area contributed by atoms with Gasteiger partial charge in [0.1, 0.15) is 11.6 Å². The Bertz CT molecular complexity index is 1170. The van der Waals surface area contributed by atoms with Crippen molar-refractivity contribution in [2.45, 2.75) is 36.6 Å². The van der Waals surface area contributed by atoms with Crippen LogP contribution in [0, 0.1) is 11.6 Å². The number of sulfonamides is 1. The van der Waals surface area contributed by atoms with Crippen LogP contribution in [-0.2, 0) is 22.9 Å². The third-order valence-electron chi connectivity index (χ3n) is 5.33. The van der Waals surface area contributed by atoms with E-state index in [0.29, 0.717) is 42.0 Å². The number of rotatable bonds is 5. The number of hydrogen-bond donors (Lipinski definition) is 0. The Morgan fingerprint density at radius 2 is 1.83 bits per heavy atom. The number of halogens is 3. The number of pyridine rings is 1. The molecule has 30 heavy (non-hydrogen) atoms. The van der Waals surface area contributed by atoms with Crippen LogP contribution in [0.15, 0.2) is 65.8 Å². The summed E-state index contributed by atoms with van der Waals surface area (Å²) in [5, 5.41) is 0.306. The van der Waals surface area contributed by atoms with E-state index in [9.17, 15) is 17.2 Å². The molecule has 4 rings (SSSR count). The molecule has 1 aromatic heterocycles. The van der Waals surface area contributed by atoms with E-state index in [1.54, 1.807) is 18.2 Å². The van der Waals surface area contributed by atoms with Crippen molar-refractivity contribution in [1.29, 1.82) is 0 Å². The van der Waals surface area contributed by atoms with Crippen LogP contribution >= 0.6 is 11.6 Å². The molecule has 0 bridgehead atoms. The number of nitrogens with zero attached hydrogens (tertiary/aromatic N) is 2. The van der Waals surface area contributed by atoms with Crippen molar-refractivity contribution in [3.8, 4) is 0 Å². The van der Waals surface area contributed by atoms with Gasteiger partial charge >= 0.3 is 0 Å². The van der Waals surface area contributed by atoms with E-state index in [-0.39, 0.29) is 4.90 Å². The van der Waals surface area contributed by atoms with Crippen molar-refractivity contribution in [2.24, 2.45) is 0 Å². The van der Waals surface area contributed by atoms with Crippen LogP contribution in [0.1, 0.15) is 24.0 Å². The minimum atomic E-state index is -3.95. The van der Waals surface area contributed by atoms with Crippen LogP contribution in [0.2, 0.25) is 5.02 Å². The van der Waals surface area contributed by atoms with Crippen molar-refractivity contribution >= 4 is 27.3 Å². The summed E-state index contributed by atoms with van der Waals surface area (Å²) in [4.78, 5) is 3.96. The zero-order valence-electron chi connectivity index (χ0n) is 15.9. The average Bonchev–Trinajstić information content (AvgIpc) is 2.73. The zero-order chi connectivity index (χ0) is 21.3. The number of benzene rings is 2. The molecule has 0 fully saturated rings. The Hall–Kier alpha value is -2.51. The van der Waals surface area contributed by atoms with Crippen molar-refractivity contribution in [2.75, 3.05) is 4.31 Å². The van der Waals surface area contributed by atoms with Gasteiger partial charge in [-0.1, -0.05) is 23.7 Å². The second-order valence-corrected chi connectivity index (χ2v) is 9.48. The molecule has 2 aromatic carbocycles. The maximum Gasteiger partial charge on any atom is 0.264 e. The predicted molar refractivity (Wildman–Crippen MR) is 112 cm³/mol. The Morgan fingerprint density at radius 3 is 2.57 bits per heavy atom. The monoisotopic (exact) mass is 448 g/mol. The van der Waals surface area contributed by atoms with Gasteiger partial charge in [-0.3, -0.25) is 9.29 Å². The molecule has 0 saturated carbocycles. The average molecular weight is 449 g/mol. The van der Waals surface area contributed by atoms with E-state index in [2.05, 4.69) is 4.98 Å². The lowest BCUT2D eigenvalue weighted by atomic mass is 9.94. The molecule has 1 unspecified atom stereocenters. The van der Waals surface area contributed by atoms with Gasteiger partial charge in [0.2, 0.25) is 0 Å². The van der Waals surface area contributed by atoms with Crippen LogP contribution in [0.5, 0.6) is 0 Å². The number of fused-ring (bicyclic) bond motifs is 1. The minimum Gasteiger partial charge on any atom is -0.265 e. The number of aromatic nitrogens is 1. The molecule has 0 N–H and O–H groups in total. The molecular formula is C22H19ClF2N2O2S. The molecule has 3 aromatic rings. The molecule has 0 saturated heterocycles. The largest absolute Gasteiger partial charge is 0.265 e. The van der Waals surface area contributed by atoms with Crippen LogP contribution < -0.4 is 4.31 Å². The predicted octanol–water partition coefficient (Wildman–Crippen LogP) is 5.16. The standard InChI is InChI=1S/C22H19ClF2N2O2S/c23-17-5-1-15(21(25)13-17)3-7-19-8-4-16-2-6-18(24)14-22(16)27(19)30(28,29)20-9-11-26-12-10-20/h1-2,5-6,9-14,19H,3-4,7-8H2. The first-order valence-electron chi connectivity index (χ1n) is 9.53. The number of anilines is 1. The van der Waals surface area contributed by atoms with E-state index in [4.69, 9.17) is 11.6 Å². The van der Waals surface area contributed by atoms with E-state index in [0.717, 1.165) is 5.56 Å². The summed E-state index contributed by atoms with van der Waals surface area (Å²) in [6.45, 7) is 0. The first-order valence-corrected chi connectivity index (χ1v) is 11.3. The lowest BCUT2D eigenvalue weighted by molar-refractivity contribution is 0.515. The first kappa shape index (κ1) is 20.8. The second kappa shape index (κ2) is 8.32. The van der Waals surface area contributed by atoms with Gasteiger partial charge in [0.15, 0.2) is 0 Å². The van der Waals surface area contributed by atoms with E-state index in [1.807, 2.05) is 0 Å². The second-order valence-electron chi connectivity index (χ2n) is 7.22. The highest BCUT2D eigenvalue weighted by Crippen LogP contribution is 2.37. The number of aryl methyl sites for hydroxylation is 2. The third kappa shape index (κ3) is 4.04. The smallest absolute Gasteiger partial charge is 0.264 e. The topological polar surface area (TPSA) is 50.3 Å². The maximum atomic E-state index is 14.2. The molecule has 2 heterocycles. The molecule has 0 radical (unpaired) electrons. The summed E-state index contributed by atoms with van der Waals surface area (Å²) >= 11 is 5.82. The molecule has 1 aliphatic rings. The van der Waals surface area contributed by atoms with Gasteiger partial charge in [-0.25, -0.2) is 17.2 Å². The Balaban J connectivity index is 1.72. The lowest BCUT2D eigenvalue weighted by Gasteiger charge is -2.38. The van der Waals surface area contributed by atoms with Crippen LogP contribution in [-0.4, -0.2) is 19.4 Å². The highest BCUT2D eigenvalue weighted by molar-refractivity contribution is 7.92. The van der Waals surface area contributed by atoms with Crippen LogP contribution in [0.4, 0.5) is 14.5 Å². The highest BCUT2D eigenvalue weighted by Gasteiger charge is 2.36. The van der Waals surface area contributed by atoms with Crippen molar-refractivity contribution in [1.82, 2.24) is 4.98 Å². The molecule has 156 valence electrons. The zero-order valence-corrected chi connectivity index (χ0v) is 17.5. The Labute approximate surface area is 179 Å². The Morgan fingerprint density at radius 1 is 1.07 bits per heavy atom. The van der Waals surface area contributed by atoms with Crippen molar-refractivity contribution < 1.29 is 17.2 Å². The van der Waals surface area contributed by atoms with Gasteiger partial charge in [0.25, 0.3) is 10.0 Å². The van der Waals surface area contributed by atoms with Gasteiger partial charge < -0.3 is 0 Å². The fraction of sp³-hybridized carbons (Fsp3) is 0.227. The highest BCUT2D eigenvalue weighted by atomic mass is 35.5. The molecule has 0 amide bonds. The first-order chi connectivity index (χ1) is 14.4. The van der Waals surface area contributed by atoms with Crippen molar-refractivity contribution in [3.63, 3.8) is 0 Å². The van der Waals surface area contributed by atoms with Crippen LogP contribution in [0.25, 0.3) is 0 Å². The third-order valence-corrected chi connectivity index (χ3v) is 7.45. The van der Waals surface area contributed by atoms with Gasteiger partial charge in [0.05, 0.1) is 10.6 Å². The summed E-state index contributed by atoms with van der Waals surface area (Å²) in [7, 11) is -3.95. The fourth-order valence-corrected chi connectivity index (χ4v) is 5.73. The minimum absolute atomic E-state index is 0.0808. The lowest BCUT2D eigenvalue weighted by Crippen LogP contribution is -2.44. The van der Waals surface area contributed by atoms with E-state index < -0.39 is 27.7 Å². The van der Waals surface area contributed by atoms with Gasteiger partial charge in [-0.2, -0.15) is 0 Å². The van der Waals surface area contributed by atoms with E-state index in [1.165, 1.54) is 47.0 Å². The normalized spacial score (nSPS) is 16.4. The summed E-state index contributed by atoms with van der Waals surface area (Å²) in [5.41, 5.74) is 1.56.